The van der Waals surface area contributed by atoms with E-state index in [-0.39, 0.29) is 46.3 Å². The molecule has 1 fully saturated rings. The number of nitrogens with one attached hydrogen (secondary N) is 2. The Kier molecular flexibility index (Phi) is 24.8. The van der Waals surface area contributed by atoms with Crippen molar-refractivity contribution in [2.75, 3.05) is 17.2 Å². The fraction of sp³-hybridized carbons (Fsp3) is 0.489. The number of ether oxygens (including phenoxy) is 1. The van der Waals surface area contributed by atoms with Crippen molar-refractivity contribution in [3.63, 3.8) is 0 Å². The van der Waals surface area contributed by atoms with Crippen LogP contribution in [0.1, 0.15) is 126 Å². The Balaban J connectivity index is 0. The molecule has 3 nitrogen and oxygen atoms in total. The number of benzene rings is 3. The maximum atomic E-state index is 4.96. The topological polar surface area (TPSA) is 33.3 Å². The molecule has 282 valence electrons. The Hall–Kier alpha value is -1.66. The van der Waals surface area contributed by atoms with Gasteiger partial charge in [0.15, 0.2) is 0 Å². The second-order valence-electron chi connectivity index (χ2n) is 17.0. The smallest absolute Gasteiger partial charge is 0.499 e. The van der Waals surface area contributed by atoms with Crippen LogP contribution in [0, 0.1) is 20.5 Å². The molecular weight excluding hydrogens is 730 g/mol. The van der Waals surface area contributed by atoms with E-state index in [1.54, 1.807) is 0 Å². The Morgan fingerprint density at radius 1 is 0.588 bits per heavy atom. The molecule has 0 unspecified atom stereocenters. The minimum atomic E-state index is -0.861. The third-order valence-corrected chi connectivity index (χ3v) is 7.36. The maximum Gasteiger partial charge on any atom is 3.00 e. The van der Waals surface area contributed by atoms with Crippen molar-refractivity contribution in [1.82, 2.24) is 0 Å². The fourth-order valence-corrected chi connectivity index (χ4v) is 5.13. The number of hydrogen-bond acceptors (Lipinski definition) is 3. The van der Waals surface area contributed by atoms with Crippen molar-refractivity contribution in [3.05, 3.63) is 127 Å². The predicted octanol–water partition coefficient (Wildman–Crippen LogP) is 14.6. The van der Waals surface area contributed by atoms with Gasteiger partial charge >= 0.3 is 32.7 Å². The van der Waals surface area contributed by atoms with Crippen LogP contribution in [0.3, 0.4) is 0 Å². The van der Waals surface area contributed by atoms with Crippen LogP contribution in [0.15, 0.2) is 79.1 Å². The number of para-hydroxylation sites is 2. The second-order valence-corrected chi connectivity index (χ2v) is 27.2. The van der Waals surface area contributed by atoms with E-state index < -0.39 is 16.1 Å². The quantitative estimate of drug-likeness (QED) is 0.128. The van der Waals surface area contributed by atoms with Gasteiger partial charge in [-0.05, 0) is 57.9 Å². The minimum absolute atomic E-state index is 0. The van der Waals surface area contributed by atoms with Gasteiger partial charge in [0.05, 0.1) is 12.4 Å². The summed E-state index contributed by atoms with van der Waals surface area (Å²) in [5.41, 5.74) is 9.22. The van der Waals surface area contributed by atoms with E-state index in [9.17, 15) is 0 Å². The Bertz CT molecular complexity index is 1240. The summed E-state index contributed by atoms with van der Waals surface area (Å²) in [7, 11) is -1.72. The molecule has 2 N–H and O–H groups in total. The number of hydrogen-bond donors (Lipinski definition) is 2. The van der Waals surface area contributed by atoms with Crippen molar-refractivity contribution in [3.8, 4) is 0 Å². The second kappa shape index (κ2) is 24.6. The molecule has 3 aromatic rings. The summed E-state index contributed by atoms with van der Waals surface area (Å²) in [4.78, 5) is 0. The third-order valence-electron chi connectivity index (χ3n) is 7.36. The standard InChI is InChI=1S/C31H42N2.C5H8O.2C4H11Si.CH3.Y/c1-20(2)25-16-12-17-26(21(3)4)29(25)32-31(24-14-10-9-11-15-24)33-30-27(22(5)6)18-13-19-28(30)23(7)8;1-5-3-2-4-6-5;2*1-5(2,3)4;;/h9-23,31-33H,1-8H3;1-4H2;2*1H2,2-4H3;1H3;/q;;3*-1;+3. The molecule has 3 aromatic carbocycles. The summed E-state index contributed by atoms with van der Waals surface area (Å²) in [6.07, 6.45) is 2.19. The Morgan fingerprint density at radius 2 is 0.902 bits per heavy atom. The van der Waals surface area contributed by atoms with Crippen molar-refractivity contribution < 1.29 is 37.4 Å². The molecule has 0 radical (unpaired) electrons. The van der Waals surface area contributed by atoms with Crippen LogP contribution in [-0.4, -0.2) is 22.8 Å². The summed E-state index contributed by atoms with van der Waals surface area (Å²) in [6, 6.07) is 24.2. The molecular formula is C45H75N2OSi2Y. The van der Waals surface area contributed by atoms with Gasteiger partial charge in [0.2, 0.25) is 0 Å². The molecule has 1 aliphatic rings. The van der Waals surface area contributed by atoms with Crippen LogP contribution in [0.4, 0.5) is 11.4 Å². The molecule has 0 aromatic heterocycles. The molecule has 0 amide bonds. The van der Waals surface area contributed by atoms with E-state index in [1.807, 2.05) is 0 Å². The molecule has 1 saturated heterocycles. The van der Waals surface area contributed by atoms with Crippen molar-refractivity contribution in [1.29, 1.82) is 0 Å². The molecule has 0 saturated carbocycles. The summed E-state index contributed by atoms with van der Waals surface area (Å²) >= 11 is 0. The molecule has 6 heteroatoms. The van der Waals surface area contributed by atoms with Crippen molar-refractivity contribution in [2.45, 2.75) is 137 Å². The van der Waals surface area contributed by atoms with Gasteiger partial charge in [-0.2, -0.15) is 0 Å². The SMILES string of the molecule is C=C1CCCO1.CC(C)c1cccc(C(C)C)c1NC(Nc1c(C(C)C)cccc1C(C)C)c1ccccc1.[CH2-][Si](C)(C)C.[CH2-][Si](C)(C)C.[CH3-].[Y+3]. The van der Waals surface area contributed by atoms with E-state index in [2.05, 4.69) is 192 Å². The predicted molar refractivity (Wildman–Crippen MR) is 234 cm³/mol. The zero-order chi connectivity index (χ0) is 37.5. The van der Waals surface area contributed by atoms with Gasteiger partial charge in [0, 0.05) is 17.8 Å². The first-order chi connectivity index (χ1) is 22.6. The van der Waals surface area contributed by atoms with Crippen LogP contribution >= 0.6 is 0 Å². The first kappa shape index (κ1) is 51.4. The molecule has 1 heterocycles. The van der Waals surface area contributed by atoms with Crippen LogP contribution in [0.25, 0.3) is 0 Å². The summed E-state index contributed by atoms with van der Waals surface area (Å²) in [5, 5.41) is 7.93. The molecule has 0 atom stereocenters. The average molecular weight is 805 g/mol. The van der Waals surface area contributed by atoms with E-state index in [0.717, 1.165) is 18.8 Å². The van der Waals surface area contributed by atoms with Gasteiger partial charge in [-0.15, -0.1) is 16.1 Å². The monoisotopic (exact) mass is 804 g/mol. The average Bonchev–Trinajstić information content (AvgIpc) is 3.46. The third kappa shape index (κ3) is 21.6. The van der Waals surface area contributed by atoms with E-state index in [4.69, 9.17) is 4.74 Å². The van der Waals surface area contributed by atoms with Gasteiger partial charge in [-0.1, -0.05) is 168 Å². The molecule has 51 heavy (non-hydrogen) atoms. The summed E-state index contributed by atoms with van der Waals surface area (Å²) < 4.78 is 4.96. The van der Waals surface area contributed by atoms with Crippen LogP contribution < -0.4 is 10.6 Å². The zero-order valence-corrected chi connectivity index (χ0v) is 40.3. The molecule has 0 spiro atoms. The van der Waals surface area contributed by atoms with Crippen molar-refractivity contribution in [2.24, 2.45) is 0 Å². The normalized spacial score (nSPS) is 12.5. The van der Waals surface area contributed by atoms with Gasteiger partial charge in [-0.25, -0.2) is 0 Å². The molecule has 0 aliphatic carbocycles. The number of rotatable bonds is 9. The van der Waals surface area contributed by atoms with Gasteiger partial charge in [0.1, 0.15) is 6.17 Å². The Morgan fingerprint density at radius 3 is 1.12 bits per heavy atom. The first-order valence-corrected chi connectivity index (χ1v) is 25.9. The number of allylic oxidation sites excluding steroid dienone is 1. The zero-order valence-electron chi connectivity index (χ0n) is 35.5. The summed E-state index contributed by atoms with van der Waals surface area (Å²) in [6.45, 7) is 43.9. The summed E-state index contributed by atoms with van der Waals surface area (Å²) in [5.74, 6) is 2.72. The van der Waals surface area contributed by atoms with Gasteiger partial charge < -0.3 is 35.9 Å². The maximum absolute atomic E-state index is 4.96. The van der Waals surface area contributed by atoms with Gasteiger partial charge in [0.25, 0.3) is 0 Å². The largest absolute Gasteiger partial charge is 3.00 e. The first-order valence-electron chi connectivity index (χ1n) is 18.4. The van der Waals surface area contributed by atoms with E-state index in [1.165, 1.54) is 45.6 Å². The molecule has 4 rings (SSSR count). The minimum Gasteiger partial charge on any atom is -0.499 e. The van der Waals surface area contributed by atoms with Crippen LogP contribution in [-0.2, 0) is 37.4 Å². The molecule has 1 aliphatic heterocycles. The number of anilines is 2. The molecule has 0 bridgehead atoms. The fourth-order valence-electron chi connectivity index (χ4n) is 5.13. The van der Waals surface area contributed by atoms with Crippen LogP contribution in [0.5, 0.6) is 0 Å². The van der Waals surface area contributed by atoms with Crippen molar-refractivity contribution >= 4 is 27.5 Å². The Labute approximate surface area is 344 Å². The van der Waals surface area contributed by atoms with Gasteiger partial charge in [-0.3, -0.25) is 0 Å². The van der Waals surface area contributed by atoms with Crippen LogP contribution in [0.2, 0.25) is 39.3 Å². The van der Waals surface area contributed by atoms with E-state index in [0.29, 0.717) is 23.7 Å². The van der Waals surface area contributed by atoms with E-state index >= 15 is 0 Å².